The molecule has 0 aromatic carbocycles. The number of nitrogens with one attached hydrogen (secondary N) is 1. The standard InChI is InChI=1S/C10H17NO/c12-9-3-1-2-4-10(9)5-7-11-8-6-10/h11H,1-8H2. The van der Waals surface area contributed by atoms with Crippen molar-refractivity contribution in [3.8, 4) is 0 Å². The van der Waals surface area contributed by atoms with Crippen LogP contribution >= 0.6 is 0 Å². The van der Waals surface area contributed by atoms with Gasteiger partial charge in [-0.2, -0.15) is 0 Å². The molecule has 0 radical (unpaired) electrons. The van der Waals surface area contributed by atoms with Crippen molar-refractivity contribution < 1.29 is 4.79 Å². The molecule has 68 valence electrons. The van der Waals surface area contributed by atoms with Crippen LogP contribution in [0, 0.1) is 5.41 Å². The summed E-state index contributed by atoms with van der Waals surface area (Å²) in [5.74, 6) is 0.551. The van der Waals surface area contributed by atoms with Gasteiger partial charge >= 0.3 is 0 Å². The molecule has 1 aliphatic carbocycles. The van der Waals surface area contributed by atoms with Crippen LogP contribution in [0.25, 0.3) is 0 Å². The number of hydrogen-bond donors (Lipinski definition) is 1. The average Bonchev–Trinajstić information content (AvgIpc) is 2.12. The van der Waals surface area contributed by atoms with Gasteiger partial charge in [0.15, 0.2) is 0 Å². The first kappa shape index (κ1) is 8.24. The van der Waals surface area contributed by atoms with Gasteiger partial charge in [-0.3, -0.25) is 4.79 Å². The van der Waals surface area contributed by atoms with Gasteiger partial charge in [0, 0.05) is 11.8 Å². The highest BCUT2D eigenvalue weighted by Crippen LogP contribution is 2.40. The second kappa shape index (κ2) is 3.17. The molecule has 1 aliphatic heterocycles. The Kier molecular flexibility index (Phi) is 2.18. The van der Waals surface area contributed by atoms with Gasteiger partial charge in [0.05, 0.1) is 0 Å². The molecule has 0 aromatic rings. The lowest BCUT2D eigenvalue weighted by atomic mass is 9.67. The van der Waals surface area contributed by atoms with E-state index >= 15 is 0 Å². The molecule has 0 bridgehead atoms. The van der Waals surface area contributed by atoms with E-state index in [4.69, 9.17) is 0 Å². The predicted molar refractivity (Wildman–Crippen MR) is 48.0 cm³/mol. The van der Waals surface area contributed by atoms with Crippen LogP contribution in [-0.4, -0.2) is 18.9 Å². The van der Waals surface area contributed by atoms with E-state index in [1.807, 2.05) is 0 Å². The molecule has 0 aromatic heterocycles. The summed E-state index contributed by atoms with van der Waals surface area (Å²) in [7, 11) is 0. The maximum absolute atomic E-state index is 11.7. The molecule has 1 heterocycles. The normalized spacial score (nSPS) is 29.2. The minimum atomic E-state index is 0.115. The maximum atomic E-state index is 11.7. The van der Waals surface area contributed by atoms with E-state index in [-0.39, 0.29) is 5.41 Å². The molecule has 2 heteroatoms. The maximum Gasteiger partial charge on any atom is 0.139 e. The van der Waals surface area contributed by atoms with Gasteiger partial charge in [0.2, 0.25) is 0 Å². The largest absolute Gasteiger partial charge is 0.317 e. The summed E-state index contributed by atoms with van der Waals surface area (Å²) in [5.41, 5.74) is 0.115. The van der Waals surface area contributed by atoms with Crippen molar-refractivity contribution in [3.63, 3.8) is 0 Å². The molecule has 2 fully saturated rings. The Balaban J connectivity index is 2.09. The van der Waals surface area contributed by atoms with Crippen molar-refractivity contribution in [3.05, 3.63) is 0 Å². The zero-order valence-electron chi connectivity index (χ0n) is 7.57. The van der Waals surface area contributed by atoms with E-state index in [1.165, 1.54) is 6.42 Å². The summed E-state index contributed by atoms with van der Waals surface area (Å²) in [6.45, 7) is 2.09. The third-order valence-electron chi connectivity index (χ3n) is 3.46. The molecule has 0 amide bonds. The summed E-state index contributed by atoms with van der Waals surface area (Å²) in [5, 5.41) is 3.32. The summed E-state index contributed by atoms with van der Waals surface area (Å²) >= 11 is 0. The first-order valence-corrected chi connectivity index (χ1v) is 5.08. The molecule has 12 heavy (non-hydrogen) atoms. The number of carbonyl (C=O) groups is 1. The predicted octanol–water partition coefficient (Wildman–Crippen LogP) is 1.50. The first-order valence-electron chi connectivity index (χ1n) is 5.08. The highest BCUT2D eigenvalue weighted by molar-refractivity contribution is 5.85. The molecule has 1 spiro atoms. The number of piperidine rings is 1. The smallest absolute Gasteiger partial charge is 0.139 e. The second-order valence-electron chi connectivity index (χ2n) is 4.16. The number of rotatable bonds is 0. The molecule has 2 aliphatic rings. The van der Waals surface area contributed by atoms with Crippen molar-refractivity contribution in [1.82, 2.24) is 5.32 Å². The van der Waals surface area contributed by atoms with Crippen LogP contribution < -0.4 is 5.32 Å². The van der Waals surface area contributed by atoms with E-state index in [2.05, 4.69) is 5.32 Å². The van der Waals surface area contributed by atoms with Gasteiger partial charge < -0.3 is 5.32 Å². The molecule has 2 nitrogen and oxygen atoms in total. The number of ketones is 1. The van der Waals surface area contributed by atoms with Crippen molar-refractivity contribution >= 4 is 5.78 Å². The van der Waals surface area contributed by atoms with Crippen molar-refractivity contribution in [1.29, 1.82) is 0 Å². The van der Waals surface area contributed by atoms with Crippen LogP contribution in [0.4, 0.5) is 0 Å². The zero-order valence-corrected chi connectivity index (χ0v) is 7.57. The van der Waals surface area contributed by atoms with Crippen LogP contribution in [-0.2, 0) is 4.79 Å². The Bertz CT molecular complexity index is 174. The second-order valence-corrected chi connectivity index (χ2v) is 4.16. The average molecular weight is 167 g/mol. The lowest BCUT2D eigenvalue weighted by Crippen LogP contribution is -2.43. The van der Waals surface area contributed by atoms with E-state index < -0.39 is 0 Å². The van der Waals surface area contributed by atoms with Crippen molar-refractivity contribution in [2.75, 3.05) is 13.1 Å². The Labute approximate surface area is 73.7 Å². The van der Waals surface area contributed by atoms with Crippen LogP contribution in [0.3, 0.4) is 0 Å². The van der Waals surface area contributed by atoms with E-state index in [9.17, 15) is 4.79 Å². The molecule has 1 saturated carbocycles. The van der Waals surface area contributed by atoms with Crippen molar-refractivity contribution in [2.45, 2.75) is 38.5 Å². The van der Waals surface area contributed by atoms with Crippen LogP contribution in [0.5, 0.6) is 0 Å². The minimum Gasteiger partial charge on any atom is -0.317 e. The number of Topliss-reactive ketones (excluding diaryl/α,β-unsaturated/α-hetero) is 1. The lowest BCUT2D eigenvalue weighted by molar-refractivity contribution is -0.133. The van der Waals surface area contributed by atoms with Gasteiger partial charge in [-0.1, -0.05) is 6.42 Å². The fourth-order valence-corrected chi connectivity index (χ4v) is 2.59. The third kappa shape index (κ3) is 1.28. The lowest BCUT2D eigenvalue weighted by Gasteiger charge is -2.39. The molecule has 1 N–H and O–H groups in total. The summed E-state index contributed by atoms with van der Waals surface area (Å²) < 4.78 is 0. The Hall–Kier alpha value is -0.370. The molecule has 2 rings (SSSR count). The number of hydrogen-bond acceptors (Lipinski definition) is 2. The van der Waals surface area contributed by atoms with Crippen molar-refractivity contribution in [2.24, 2.45) is 5.41 Å². The molecular weight excluding hydrogens is 150 g/mol. The topological polar surface area (TPSA) is 29.1 Å². The first-order chi connectivity index (χ1) is 5.83. The van der Waals surface area contributed by atoms with Gasteiger partial charge in [-0.25, -0.2) is 0 Å². The highest BCUT2D eigenvalue weighted by atomic mass is 16.1. The zero-order chi connectivity index (χ0) is 8.44. The van der Waals surface area contributed by atoms with E-state index in [0.717, 1.165) is 45.2 Å². The summed E-state index contributed by atoms with van der Waals surface area (Å²) in [6.07, 6.45) is 6.59. The summed E-state index contributed by atoms with van der Waals surface area (Å²) in [4.78, 5) is 11.7. The van der Waals surface area contributed by atoms with Crippen LogP contribution in [0.1, 0.15) is 38.5 Å². The SMILES string of the molecule is O=C1CCCCC12CCNCC2. The quantitative estimate of drug-likeness (QED) is 0.592. The molecular formula is C10H17NO. The summed E-state index contributed by atoms with van der Waals surface area (Å²) in [6, 6.07) is 0. The van der Waals surface area contributed by atoms with Gasteiger partial charge in [0.1, 0.15) is 5.78 Å². The van der Waals surface area contributed by atoms with Gasteiger partial charge in [-0.15, -0.1) is 0 Å². The van der Waals surface area contributed by atoms with Gasteiger partial charge in [-0.05, 0) is 38.8 Å². The highest BCUT2D eigenvalue weighted by Gasteiger charge is 2.39. The molecule has 1 saturated heterocycles. The van der Waals surface area contributed by atoms with Gasteiger partial charge in [0.25, 0.3) is 0 Å². The third-order valence-corrected chi connectivity index (χ3v) is 3.46. The Morgan fingerprint density at radius 2 is 1.83 bits per heavy atom. The van der Waals surface area contributed by atoms with E-state index in [0.29, 0.717) is 5.78 Å². The number of carbonyl (C=O) groups excluding carboxylic acids is 1. The molecule has 0 unspecified atom stereocenters. The fourth-order valence-electron chi connectivity index (χ4n) is 2.59. The van der Waals surface area contributed by atoms with Crippen LogP contribution in [0.15, 0.2) is 0 Å². The Morgan fingerprint density at radius 3 is 2.50 bits per heavy atom. The minimum absolute atomic E-state index is 0.115. The fraction of sp³-hybridized carbons (Fsp3) is 0.900. The van der Waals surface area contributed by atoms with Crippen LogP contribution in [0.2, 0.25) is 0 Å². The molecule has 0 atom stereocenters. The van der Waals surface area contributed by atoms with E-state index in [1.54, 1.807) is 0 Å². The Morgan fingerprint density at radius 1 is 1.08 bits per heavy atom. The monoisotopic (exact) mass is 167 g/mol.